The first-order chi connectivity index (χ1) is 6.22. The van der Waals surface area contributed by atoms with Crippen molar-refractivity contribution in [1.29, 1.82) is 0 Å². The number of amides is 1. The van der Waals surface area contributed by atoms with Gasteiger partial charge in [-0.2, -0.15) is 0 Å². The number of piperidine rings is 1. The summed E-state index contributed by atoms with van der Waals surface area (Å²) in [5.74, 6) is -0.359. The molecule has 2 aliphatic heterocycles. The molecule has 2 heterocycles. The zero-order valence-electron chi connectivity index (χ0n) is 7.91. The molecule has 2 saturated heterocycles. The van der Waals surface area contributed by atoms with Crippen LogP contribution in [0.3, 0.4) is 0 Å². The lowest BCUT2D eigenvalue weighted by atomic mass is 10.0. The Labute approximate surface area is 77.8 Å². The number of hydrogen-bond acceptors (Lipinski definition) is 3. The first-order valence-electron chi connectivity index (χ1n) is 4.75. The molecule has 0 aromatic carbocycles. The summed E-state index contributed by atoms with van der Waals surface area (Å²) in [6, 6.07) is 0. The molecule has 74 valence electrons. The Morgan fingerprint density at radius 2 is 2.08 bits per heavy atom. The number of likely N-dealkylation sites (tertiary alicyclic amines) is 1. The molecule has 2 fully saturated rings. The minimum Gasteiger partial charge on any atom is -0.346 e. The quantitative estimate of drug-likeness (QED) is 0.547. The fraction of sp³-hybridized carbons (Fsp3) is 0.889. The SMILES string of the molecule is CC(=O)N1CCCC2(C1)OCCO2. The van der Waals surface area contributed by atoms with Crippen LogP contribution >= 0.6 is 0 Å². The average molecular weight is 185 g/mol. The van der Waals surface area contributed by atoms with E-state index in [1.54, 1.807) is 11.8 Å². The van der Waals surface area contributed by atoms with Gasteiger partial charge in [-0.15, -0.1) is 0 Å². The van der Waals surface area contributed by atoms with Gasteiger partial charge in [-0.25, -0.2) is 0 Å². The van der Waals surface area contributed by atoms with Crippen LogP contribution in [0.4, 0.5) is 0 Å². The Balaban J connectivity index is 2.02. The largest absolute Gasteiger partial charge is 0.346 e. The third kappa shape index (κ3) is 1.69. The van der Waals surface area contributed by atoms with Crippen LogP contribution in [0.25, 0.3) is 0 Å². The van der Waals surface area contributed by atoms with Crippen LogP contribution in [0, 0.1) is 0 Å². The molecule has 2 aliphatic rings. The van der Waals surface area contributed by atoms with E-state index in [0.29, 0.717) is 19.8 Å². The van der Waals surface area contributed by atoms with Crippen molar-refractivity contribution in [1.82, 2.24) is 4.90 Å². The summed E-state index contributed by atoms with van der Waals surface area (Å²) in [5.41, 5.74) is 0. The van der Waals surface area contributed by atoms with Crippen LogP contribution in [0.15, 0.2) is 0 Å². The van der Waals surface area contributed by atoms with E-state index in [2.05, 4.69) is 0 Å². The van der Waals surface area contributed by atoms with Crippen LogP contribution in [-0.4, -0.2) is 42.9 Å². The third-order valence-electron chi connectivity index (χ3n) is 2.68. The average Bonchev–Trinajstić information content (AvgIpc) is 2.53. The fourth-order valence-electron chi connectivity index (χ4n) is 1.99. The lowest BCUT2D eigenvalue weighted by Gasteiger charge is -2.38. The number of hydrogen-bond donors (Lipinski definition) is 0. The molecule has 1 spiro atoms. The first-order valence-corrected chi connectivity index (χ1v) is 4.75. The van der Waals surface area contributed by atoms with E-state index in [1.165, 1.54) is 0 Å². The van der Waals surface area contributed by atoms with Crippen LogP contribution in [-0.2, 0) is 14.3 Å². The van der Waals surface area contributed by atoms with Gasteiger partial charge in [-0.1, -0.05) is 0 Å². The second kappa shape index (κ2) is 3.27. The topological polar surface area (TPSA) is 38.8 Å². The van der Waals surface area contributed by atoms with Crippen molar-refractivity contribution in [2.75, 3.05) is 26.3 Å². The molecule has 0 N–H and O–H groups in total. The van der Waals surface area contributed by atoms with Crippen molar-refractivity contribution in [3.63, 3.8) is 0 Å². The molecule has 4 nitrogen and oxygen atoms in total. The molecule has 0 bridgehead atoms. The predicted octanol–water partition coefficient (Wildman–Crippen LogP) is 0.372. The van der Waals surface area contributed by atoms with E-state index in [-0.39, 0.29) is 5.91 Å². The number of nitrogens with zero attached hydrogens (tertiary/aromatic N) is 1. The molecule has 0 aliphatic carbocycles. The fourth-order valence-corrected chi connectivity index (χ4v) is 1.99. The van der Waals surface area contributed by atoms with Gasteiger partial charge in [0.15, 0.2) is 5.79 Å². The van der Waals surface area contributed by atoms with Crippen molar-refractivity contribution in [2.24, 2.45) is 0 Å². The van der Waals surface area contributed by atoms with Crippen molar-refractivity contribution < 1.29 is 14.3 Å². The monoisotopic (exact) mass is 185 g/mol. The van der Waals surface area contributed by atoms with Gasteiger partial charge in [0.25, 0.3) is 0 Å². The summed E-state index contributed by atoms with van der Waals surface area (Å²) in [5, 5.41) is 0. The molecule has 1 amide bonds. The Hall–Kier alpha value is -0.610. The molecule has 0 aromatic rings. The van der Waals surface area contributed by atoms with Crippen molar-refractivity contribution in [2.45, 2.75) is 25.6 Å². The molecule has 0 radical (unpaired) electrons. The highest BCUT2D eigenvalue weighted by Gasteiger charge is 2.41. The van der Waals surface area contributed by atoms with Gasteiger partial charge in [0.05, 0.1) is 19.8 Å². The molecule has 0 aromatic heterocycles. The molecular weight excluding hydrogens is 170 g/mol. The maximum atomic E-state index is 11.2. The van der Waals surface area contributed by atoms with Crippen LogP contribution in [0.5, 0.6) is 0 Å². The summed E-state index contributed by atoms with van der Waals surface area (Å²) in [4.78, 5) is 13.0. The van der Waals surface area contributed by atoms with E-state index in [0.717, 1.165) is 19.4 Å². The van der Waals surface area contributed by atoms with Gasteiger partial charge in [0.1, 0.15) is 0 Å². The zero-order valence-corrected chi connectivity index (χ0v) is 7.91. The third-order valence-corrected chi connectivity index (χ3v) is 2.68. The van der Waals surface area contributed by atoms with Gasteiger partial charge in [0, 0.05) is 19.9 Å². The van der Waals surface area contributed by atoms with E-state index >= 15 is 0 Å². The molecule has 0 unspecified atom stereocenters. The van der Waals surface area contributed by atoms with E-state index in [1.807, 2.05) is 0 Å². The Morgan fingerprint density at radius 1 is 1.38 bits per heavy atom. The van der Waals surface area contributed by atoms with Crippen LogP contribution in [0.2, 0.25) is 0 Å². The molecule has 0 atom stereocenters. The summed E-state index contributed by atoms with van der Waals surface area (Å²) >= 11 is 0. The van der Waals surface area contributed by atoms with Crippen LogP contribution < -0.4 is 0 Å². The number of ether oxygens (including phenoxy) is 2. The predicted molar refractivity (Wildman–Crippen MR) is 46.1 cm³/mol. The number of carbonyl (C=O) groups excluding carboxylic acids is 1. The molecular formula is C9H15NO3. The highest BCUT2D eigenvalue weighted by Crippen LogP contribution is 2.29. The Bertz CT molecular complexity index is 211. The van der Waals surface area contributed by atoms with E-state index in [9.17, 15) is 4.79 Å². The summed E-state index contributed by atoms with van der Waals surface area (Å²) in [6.07, 6.45) is 1.89. The molecule has 4 heteroatoms. The maximum absolute atomic E-state index is 11.2. The van der Waals surface area contributed by atoms with Gasteiger partial charge < -0.3 is 14.4 Å². The first kappa shape index (κ1) is 8.97. The summed E-state index contributed by atoms with van der Waals surface area (Å²) in [7, 11) is 0. The number of carbonyl (C=O) groups is 1. The van der Waals surface area contributed by atoms with Crippen molar-refractivity contribution in [3.05, 3.63) is 0 Å². The maximum Gasteiger partial charge on any atom is 0.219 e. The van der Waals surface area contributed by atoms with Gasteiger partial charge in [-0.3, -0.25) is 4.79 Å². The minimum atomic E-state index is -0.468. The molecule has 13 heavy (non-hydrogen) atoms. The van der Waals surface area contributed by atoms with Gasteiger partial charge >= 0.3 is 0 Å². The van der Waals surface area contributed by atoms with E-state index < -0.39 is 5.79 Å². The Morgan fingerprint density at radius 3 is 2.69 bits per heavy atom. The zero-order chi connectivity index (χ0) is 9.31. The van der Waals surface area contributed by atoms with Crippen LogP contribution in [0.1, 0.15) is 19.8 Å². The molecule has 0 saturated carbocycles. The smallest absolute Gasteiger partial charge is 0.219 e. The summed E-state index contributed by atoms with van der Waals surface area (Å²) in [6.45, 7) is 4.34. The minimum absolute atomic E-state index is 0.109. The highest BCUT2D eigenvalue weighted by molar-refractivity contribution is 5.73. The Kier molecular flexibility index (Phi) is 2.26. The molecule has 2 rings (SSSR count). The van der Waals surface area contributed by atoms with Crippen molar-refractivity contribution in [3.8, 4) is 0 Å². The second-order valence-corrected chi connectivity index (χ2v) is 3.65. The van der Waals surface area contributed by atoms with Gasteiger partial charge in [0.2, 0.25) is 5.91 Å². The van der Waals surface area contributed by atoms with Crippen molar-refractivity contribution >= 4 is 5.91 Å². The lowest BCUT2D eigenvalue weighted by Crippen LogP contribution is -2.50. The van der Waals surface area contributed by atoms with Gasteiger partial charge in [-0.05, 0) is 6.42 Å². The standard InChI is InChI=1S/C9H15NO3/c1-8(11)10-4-2-3-9(7-10)12-5-6-13-9/h2-7H2,1H3. The van der Waals surface area contributed by atoms with E-state index in [4.69, 9.17) is 9.47 Å². The normalized spacial score (nSPS) is 26.7. The second-order valence-electron chi connectivity index (χ2n) is 3.65. The highest BCUT2D eigenvalue weighted by atomic mass is 16.7. The summed E-state index contributed by atoms with van der Waals surface area (Å²) < 4.78 is 11.1. The number of rotatable bonds is 0. The lowest BCUT2D eigenvalue weighted by molar-refractivity contribution is -0.192.